The number of aliphatic hydroxyl groups excluding tert-OH is 3. The molecule has 3 rings (SSSR count). The van der Waals surface area contributed by atoms with Crippen LogP contribution in [0.25, 0.3) is 11.2 Å². The van der Waals surface area contributed by atoms with Gasteiger partial charge in [0.15, 0.2) is 17.7 Å². The van der Waals surface area contributed by atoms with Crippen molar-refractivity contribution < 1.29 is 98.3 Å². The van der Waals surface area contributed by atoms with Crippen LogP contribution in [0.15, 0.2) is 12.7 Å². The predicted octanol–water partition coefficient (Wildman–Crippen LogP) is -9.72. The molecule has 2 aromatic rings. The molecule has 1 fully saturated rings. The van der Waals surface area contributed by atoms with Gasteiger partial charge in [-0.3, -0.25) is 4.57 Å². The summed E-state index contributed by atoms with van der Waals surface area (Å²) in [5, 5.41) is 29.5. The van der Waals surface area contributed by atoms with Gasteiger partial charge in [0.1, 0.15) is 36.3 Å². The van der Waals surface area contributed by atoms with E-state index in [4.69, 9.17) is 20.3 Å². The van der Waals surface area contributed by atoms with Crippen LogP contribution in [0.3, 0.4) is 0 Å². The zero-order chi connectivity index (χ0) is 19.1. The molecule has 0 bridgehead atoms. The van der Waals surface area contributed by atoms with Crippen LogP contribution < -0.4 is 74.6 Å². The summed E-state index contributed by atoms with van der Waals surface area (Å²) < 4.78 is 22.6. The normalized spacial score (nSPS) is 25.9. The predicted molar refractivity (Wildman–Crippen MR) is 80.1 cm³/mol. The summed E-state index contributed by atoms with van der Waals surface area (Å²) in [5.41, 5.74) is 6.16. The van der Waals surface area contributed by atoms with Crippen LogP contribution >= 0.6 is 7.60 Å². The molecule has 0 aromatic carbocycles. The molecular weight excluding hydrogens is 419 g/mol. The fraction of sp³-hybridized carbons (Fsp3) is 0.583. The second-order valence-electron chi connectivity index (χ2n) is 5.69. The van der Waals surface area contributed by atoms with Crippen molar-refractivity contribution in [2.45, 2.75) is 30.6 Å². The summed E-state index contributed by atoms with van der Waals surface area (Å²) in [4.78, 5) is 33.5. The smallest absolute Gasteiger partial charge is 0.809 e. The minimum absolute atomic E-state index is 0. The second kappa shape index (κ2) is 10.6. The number of aromatic nitrogens is 4. The fourth-order valence-electron chi connectivity index (χ4n) is 2.75. The molecule has 0 amide bonds. The third-order valence-electron chi connectivity index (χ3n) is 3.90. The quantitative estimate of drug-likeness (QED) is 0.246. The average molecular weight is 435 g/mol. The van der Waals surface area contributed by atoms with Crippen molar-refractivity contribution in [3.8, 4) is 0 Å². The van der Waals surface area contributed by atoms with Crippen molar-refractivity contribution in [1.29, 1.82) is 0 Å². The Bertz CT molecular complexity index is 837. The van der Waals surface area contributed by atoms with E-state index in [-0.39, 0.29) is 76.1 Å². The Kier molecular flexibility index (Phi) is 9.93. The van der Waals surface area contributed by atoms with Crippen molar-refractivity contribution in [2.24, 2.45) is 0 Å². The van der Waals surface area contributed by atoms with Crippen molar-refractivity contribution in [1.82, 2.24) is 19.5 Å². The molecule has 0 saturated carbocycles. The molecule has 3 heterocycles. The number of aliphatic hydroxyl groups is 3. The molecule has 28 heavy (non-hydrogen) atoms. The SMILES string of the molecule is Nc1ncnc2c1ncn2[C@@H]1O[C@@H]([C@H](O)CO)[C@H](OCP(=O)([O-])[O-])[C@H]1O.[Na+].[Na+]. The van der Waals surface area contributed by atoms with Gasteiger partial charge in [-0.1, -0.05) is 0 Å². The maximum atomic E-state index is 10.8. The van der Waals surface area contributed by atoms with E-state index in [0.29, 0.717) is 0 Å². The molecule has 1 aliphatic heterocycles. The fourth-order valence-corrected chi connectivity index (χ4v) is 3.10. The first-order valence-corrected chi connectivity index (χ1v) is 9.14. The van der Waals surface area contributed by atoms with Gasteiger partial charge in [0.2, 0.25) is 0 Å². The van der Waals surface area contributed by atoms with E-state index in [2.05, 4.69) is 15.0 Å². The number of hydrogen-bond acceptors (Lipinski definition) is 12. The number of anilines is 1. The first-order valence-electron chi connectivity index (χ1n) is 7.41. The number of fused-ring (bicyclic) bond motifs is 1. The number of rotatable bonds is 6. The zero-order valence-electron chi connectivity index (χ0n) is 15.2. The Balaban J connectivity index is 0.00000196. The third-order valence-corrected chi connectivity index (χ3v) is 4.37. The Morgan fingerprint density at radius 2 is 2.04 bits per heavy atom. The van der Waals surface area contributed by atoms with E-state index < -0.39 is 51.2 Å². The van der Waals surface area contributed by atoms with Gasteiger partial charge in [-0.05, 0) is 7.60 Å². The monoisotopic (exact) mass is 435 g/mol. The van der Waals surface area contributed by atoms with E-state index in [1.54, 1.807) is 0 Å². The number of hydrogen-bond donors (Lipinski definition) is 4. The van der Waals surface area contributed by atoms with Crippen molar-refractivity contribution in [3.63, 3.8) is 0 Å². The van der Waals surface area contributed by atoms with Crippen LogP contribution in [-0.4, -0.2) is 72.2 Å². The van der Waals surface area contributed by atoms with Gasteiger partial charge in [0.25, 0.3) is 0 Å². The standard InChI is InChI=1S/C12H18N5O8P.2Na/c13-10-6-11(15-2-14-10)17(3-16-6)12-7(20)9(24-4-26(21,22)23)8(25-12)5(19)1-18;;/h2-3,5,7-9,12,18-20H,1,4H2,(H2,13,14,15)(H2,21,22,23);;/q;2*+1/p-2/t5-,7-,8+,9-,12-;;/m1../s1. The summed E-state index contributed by atoms with van der Waals surface area (Å²) in [6.07, 6.45) is -5.65. The molecule has 5 N–H and O–H groups in total. The molecule has 0 spiro atoms. The van der Waals surface area contributed by atoms with Gasteiger partial charge in [0.05, 0.1) is 19.3 Å². The van der Waals surface area contributed by atoms with Crippen LogP contribution in [0.1, 0.15) is 6.23 Å². The molecule has 1 aliphatic rings. The average Bonchev–Trinajstić information content (AvgIpc) is 3.14. The molecule has 1 saturated heterocycles. The van der Waals surface area contributed by atoms with Crippen molar-refractivity contribution in [3.05, 3.63) is 12.7 Å². The summed E-state index contributed by atoms with van der Waals surface area (Å²) in [5.74, 6) is 0.0969. The van der Waals surface area contributed by atoms with Gasteiger partial charge in [-0.2, -0.15) is 0 Å². The second-order valence-corrected chi connectivity index (χ2v) is 7.17. The first-order chi connectivity index (χ1) is 12.2. The Hall–Kier alpha value is 0.300. The van der Waals surface area contributed by atoms with Crippen LogP contribution in [0.2, 0.25) is 0 Å². The van der Waals surface area contributed by atoms with Crippen molar-refractivity contribution in [2.75, 3.05) is 18.7 Å². The summed E-state index contributed by atoms with van der Waals surface area (Å²) >= 11 is 0. The largest absolute Gasteiger partial charge is 1.00 e. The first kappa shape index (κ1) is 26.3. The maximum absolute atomic E-state index is 10.8. The van der Waals surface area contributed by atoms with E-state index >= 15 is 0 Å². The van der Waals surface area contributed by atoms with Crippen LogP contribution in [0, 0.1) is 0 Å². The van der Waals surface area contributed by atoms with Gasteiger partial charge in [0, 0.05) is 0 Å². The van der Waals surface area contributed by atoms with Crippen LogP contribution in [0.4, 0.5) is 5.82 Å². The number of nitrogen functional groups attached to an aromatic ring is 1. The Labute approximate surface area is 203 Å². The topological polar surface area (TPSA) is 212 Å². The number of imidazole rings is 1. The van der Waals surface area contributed by atoms with E-state index in [0.717, 1.165) is 0 Å². The molecule has 5 atom stereocenters. The van der Waals surface area contributed by atoms with Gasteiger partial charge < -0.3 is 44.9 Å². The number of nitrogens with zero attached hydrogens (tertiary/aromatic N) is 4. The third kappa shape index (κ3) is 5.50. The van der Waals surface area contributed by atoms with Gasteiger partial charge >= 0.3 is 59.1 Å². The summed E-state index contributed by atoms with van der Waals surface area (Å²) in [7, 11) is -5.02. The zero-order valence-corrected chi connectivity index (χ0v) is 20.0. The number of ether oxygens (including phenoxy) is 2. The minimum atomic E-state index is -5.02. The summed E-state index contributed by atoms with van der Waals surface area (Å²) in [6.45, 7) is -0.740. The molecule has 0 unspecified atom stereocenters. The molecule has 0 radical (unpaired) electrons. The maximum Gasteiger partial charge on any atom is 1.00 e. The molecule has 144 valence electrons. The molecule has 0 aliphatic carbocycles. The van der Waals surface area contributed by atoms with Crippen LogP contribution in [-0.2, 0) is 14.0 Å². The number of nitrogens with two attached hydrogens (primary N) is 1. The Morgan fingerprint density at radius 1 is 1.36 bits per heavy atom. The van der Waals surface area contributed by atoms with Gasteiger partial charge in [-0.25, -0.2) is 15.0 Å². The molecule has 13 nitrogen and oxygen atoms in total. The molecular formula is C12H16N5Na2O8P. The van der Waals surface area contributed by atoms with Gasteiger partial charge in [-0.15, -0.1) is 0 Å². The Morgan fingerprint density at radius 3 is 2.64 bits per heavy atom. The van der Waals surface area contributed by atoms with E-state index in [1.165, 1.54) is 17.2 Å². The van der Waals surface area contributed by atoms with Crippen LogP contribution in [0.5, 0.6) is 0 Å². The molecule has 16 heteroatoms. The van der Waals surface area contributed by atoms with E-state index in [9.17, 15) is 24.6 Å². The molecule has 2 aromatic heterocycles. The van der Waals surface area contributed by atoms with Crippen molar-refractivity contribution >= 4 is 24.6 Å². The minimum Gasteiger partial charge on any atom is -0.809 e. The van der Waals surface area contributed by atoms with E-state index in [1.807, 2.05) is 0 Å². The summed E-state index contributed by atoms with van der Waals surface area (Å²) in [6, 6.07) is 0.